The minimum atomic E-state index is -0.458. The van der Waals surface area contributed by atoms with Crippen LogP contribution in [0.5, 0.6) is 5.75 Å². The quantitative estimate of drug-likeness (QED) is 0.857. The van der Waals surface area contributed by atoms with Gasteiger partial charge >= 0.3 is 0 Å². The molecule has 1 atom stereocenters. The van der Waals surface area contributed by atoms with Crippen molar-refractivity contribution in [2.75, 3.05) is 7.11 Å². The van der Waals surface area contributed by atoms with Gasteiger partial charge in [-0.05, 0) is 55.2 Å². The van der Waals surface area contributed by atoms with Crippen LogP contribution in [0.15, 0.2) is 24.5 Å². The van der Waals surface area contributed by atoms with Gasteiger partial charge in [0.2, 0.25) is 0 Å². The van der Waals surface area contributed by atoms with Crippen LogP contribution in [0.3, 0.4) is 0 Å². The molecule has 1 aromatic heterocycles. The lowest BCUT2D eigenvalue weighted by molar-refractivity contribution is 0.410. The van der Waals surface area contributed by atoms with E-state index in [0.717, 1.165) is 28.0 Å². The molecule has 4 heteroatoms. The van der Waals surface area contributed by atoms with Crippen LogP contribution < -0.4 is 4.74 Å². The minimum Gasteiger partial charge on any atom is -0.496 e. The second kappa shape index (κ2) is 5.70. The standard InChI is InChI=1S/C16H17N3O/c1-10-8-14(20-4)11(2)12(3)15(10)13(9-17)16-18-6-5-7-19-16/h5-8,13H,1-4H3. The Kier molecular flexibility index (Phi) is 3.99. The lowest BCUT2D eigenvalue weighted by Gasteiger charge is -2.18. The van der Waals surface area contributed by atoms with E-state index in [1.807, 2.05) is 26.8 Å². The molecule has 2 rings (SSSR count). The zero-order valence-electron chi connectivity index (χ0n) is 12.1. The van der Waals surface area contributed by atoms with Crippen LogP contribution in [0.4, 0.5) is 0 Å². The lowest BCUT2D eigenvalue weighted by atomic mass is 9.88. The van der Waals surface area contributed by atoms with E-state index >= 15 is 0 Å². The summed E-state index contributed by atoms with van der Waals surface area (Å²) in [5, 5.41) is 9.54. The van der Waals surface area contributed by atoms with Gasteiger partial charge in [0.15, 0.2) is 0 Å². The van der Waals surface area contributed by atoms with Crippen LogP contribution in [0.25, 0.3) is 0 Å². The van der Waals surface area contributed by atoms with Crippen molar-refractivity contribution in [2.45, 2.75) is 26.7 Å². The van der Waals surface area contributed by atoms with E-state index in [-0.39, 0.29) is 0 Å². The monoisotopic (exact) mass is 267 g/mol. The Morgan fingerprint density at radius 1 is 1.15 bits per heavy atom. The van der Waals surface area contributed by atoms with Crippen LogP contribution in [0, 0.1) is 32.1 Å². The van der Waals surface area contributed by atoms with Gasteiger partial charge in [-0.3, -0.25) is 0 Å². The van der Waals surface area contributed by atoms with Crippen molar-refractivity contribution in [1.82, 2.24) is 9.97 Å². The predicted octanol–water partition coefficient (Wildman–Crippen LogP) is 3.07. The van der Waals surface area contributed by atoms with E-state index in [1.165, 1.54) is 0 Å². The molecule has 0 aliphatic carbocycles. The molecule has 1 unspecified atom stereocenters. The fraction of sp³-hybridized carbons (Fsp3) is 0.312. The summed E-state index contributed by atoms with van der Waals surface area (Å²) in [7, 11) is 1.66. The van der Waals surface area contributed by atoms with Gasteiger partial charge in [-0.2, -0.15) is 5.26 Å². The fourth-order valence-corrected chi connectivity index (χ4v) is 2.43. The van der Waals surface area contributed by atoms with Crippen molar-refractivity contribution < 1.29 is 4.74 Å². The molecule has 1 aromatic carbocycles. The molecule has 1 heterocycles. The molecule has 0 saturated heterocycles. The van der Waals surface area contributed by atoms with Crippen LogP contribution in [0.1, 0.15) is 34.0 Å². The Hall–Kier alpha value is -2.41. The number of hydrogen-bond acceptors (Lipinski definition) is 4. The van der Waals surface area contributed by atoms with E-state index in [0.29, 0.717) is 5.82 Å². The van der Waals surface area contributed by atoms with Gasteiger partial charge in [0.1, 0.15) is 17.5 Å². The van der Waals surface area contributed by atoms with E-state index in [2.05, 4.69) is 16.0 Å². The molecule has 0 aliphatic rings. The lowest BCUT2D eigenvalue weighted by Crippen LogP contribution is -2.09. The summed E-state index contributed by atoms with van der Waals surface area (Å²) in [5.41, 5.74) is 4.09. The number of nitriles is 1. The first-order valence-electron chi connectivity index (χ1n) is 6.41. The number of benzene rings is 1. The van der Waals surface area contributed by atoms with Crippen molar-refractivity contribution in [1.29, 1.82) is 5.26 Å². The summed E-state index contributed by atoms with van der Waals surface area (Å²) in [5.74, 6) is 0.918. The number of methoxy groups -OCH3 is 1. The van der Waals surface area contributed by atoms with Crippen LogP contribution in [-0.4, -0.2) is 17.1 Å². The normalized spacial score (nSPS) is 11.8. The topological polar surface area (TPSA) is 58.8 Å². The Labute approximate surface area is 119 Å². The first-order valence-corrected chi connectivity index (χ1v) is 6.41. The molecule has 0 N–H and O–H groups in total. The molecule has 0 bridgehead atoms. The first kappa shape index (κ1) is 14.0. The summed E-state index contributed by atoms with van der Waals surface area (Å²) in [4.78, 5) is 8.43. The zero-order chi connectivity index (χ0) is 14.7. The van der Waals surface area contributed by atoms with E-state index < -0.39 is 5.92 Å². The van der Waals surface area contributed by atoms with Crippen molar-refractivity contribution in [3.8, 4) is 11.8 Å². The molecule has 2 aromatic rings. The Morgan fingerprint density at radius 2 is 1.80 bits per heavy atom. The van der Waals surface area contributed by atoms with Gasteiger partial charge < -0.3 is 4.74 Å². The number of rotatable bonds is 3. The Morgan fingerprint density at radius 3 is 2.35 bits per heavy atom. The molecule has 20 heavy (non-hydrogen) atoms. The van der Waals surface area contributed by atoms with Gasteiger partial charge in [-0.1, -0.05) is 0 Å². The zero-order valence-corrected chi connectivity index (χ0v) is 12.1. The number of ether oxygens (including phenoxy) is 1. The van der Waals surface area contributed by atoms with Crippen molar-refractivity contribution in [2.24, 2.45) is 0 Å². The summed E-state index contributed by atoms with van der Waals surface area (Å²) < 4.78 is 5.37. The number of nitrogens with zero attached hydrogens (tertiary/aromatic N) is 3. The second-order valence-corrected chi connectivity index (χ2v) is 4.73. The van der Waals surface area contributed by atoms with Crippen molar-refractivity contribution in [3.63, 3.8) is 0 Å². The average molecular weight is 267 g/mol. The smallest absolute Gasteiger partial charge is 0.149 e. The van der Waals surface area contributed by atoms with Gasteiger partial charge in [0.25, 0.3) is 0 Å². The Balaban J connectivity index is 2.63. The highest BCUT2D eigenvalue weighted by Gasteiger charge is 2.22. The van der Waals surface area contributed by atoms with Gasteiger partial charge in [0, 0.05) is 12.4 Å². The van der Waals surface area contributed by atoms with Crippen LogP contribution in [-0.2, 0) is 0 Å². The van der Waals surface area contributed by atoms with E-state index in [9.17, 15) is 5.26 Å². The highest BCUT2D eigenvalue weighted by molar-refractivity contribution is 5.52. The number of hydrogen-bond donors (Lipinski definition) is 0. The maximum Gasteiger partial charge on any atom is 0.149 e. The van der Waals surface area contributed by atoms with E-state index in [4.69, 9.17) is 4.74 Å². The highest BCUT2D eigenvalue weighted by atomic mass is 16.5. The van der Waals surface area contributed by atoms with Gasteiger partial charge in [-0.15, -0.1) is 0 Å². The molecule has 0 aliphatic heterocycles. The number of aryl methyl sites for hydroxylation is 1. The minimum absolute atomic E-state index is 0.458. The van der Waals surface area contributed by atoms with Gasteiger partial charge in [-0.25, -0.2) is 9.97 Å². The van der Waals surface area contributed by atoms with Crippen LogP contribution in [0.2, 0.25) is 0 Å². The predicted molar refractivity (Wildman–Crippen MR) is 76.7 cm³/mol. The van der Waals surface area contributed by atoms with E-state index in [1.54, 1.807) is 25.6 Å². The maximum atomic E-state index is 9.54. The Bertz CT molecular complexity index is 660. The van der Waals surface area contributed by atoms with Crippen molar-refractivity contribution >= 4 is 0 Å². The van der Waals surface area contributed by atoms with Crippen molar-refractivity contribution in [3.05, 3.63) is 52.6 Å². The fourth-order valence-electron chi connectivity index (χ4n) is 2.43. The first-order chi connectivity index (χ1) is 9.60. The summed E-state index contributed by atoms with van der Waals surface area (Å²) in [6, 6.07) is 6.03. The third kappa shape index (κ3) is 2.35. The largest absolute Gasteiger partial charge is 0.496 e. The molecule has 0 radical (unpaired) electrons. The molecular weight excluding hydrogens is 250 g/mol. The summed E-state index contributed by atoms with van der Waals surface area (Å²) >= 11 is 0. The van der Waals surface area contributed by atoms with Gasteiger partial charge in [0.05, 0.1) is 13.2 Å². The highest BCUT2D eigenvalue weighted by Crippen LogP contribution is 2.33. The third-order valence-electron chi connectivity index (χ3n) is 3.59. The summed E-state index contributed by atoms with van der Waals surface area (Å²) in [6.45, 7) is 5.99. The van der Waals surface area contributed by atoms with Crippen LogP contribution >= 0.6 is 0 Å². The second-order valence-electron chi connectivity index (χ2n) is 4.73. The average Bonchev–Trinajstić information content (AvgIpc) is 2.48. The molecule has 0 spiro atoms. The number of aromatic nitrogens is 2. The maximum absolute atomic E-state index is 9.54. The SMILES string of the molecule is COc1cc(C)c(C(C#N)c2ncccn2)c(C)c1C. The molecule has 4 nitrogen and oxygen atoms in total. The third-order valence-corrected chi connectivity index (χ3v) is 3.59. The molecule has 0 fully saturated rings. The molecular formula is C16H17N3O. The summed E-state index contributed by atoms with van der Waals surface area (Å²) in [6.07, 6.45) is 3.32. The molecule has 102 valence electrons. The molecule has 0 amide bonds. The molecule has 0 saturated carbocycles.